The molecule has 0 heterocycles. The second-order valence-electron chi connectivity index (χ2n) is 20.6. The largest absolute Gasteiger partial charge is 0.544 e. The second-order valence-corrected chi connectivity index (χ2v) is 20.6. The molecule has 0 aliphatic heterocycles. The molecule has 0 aliphatic rings. The summed E-state index contributed by atoms with van der Waals surface area (Å²) in [6.45, 7) is 4.68. The third-order valence-electron chi connectivity index (χ3n) is 13.0. The van der Waals surface area contributed by atoms with Gasteiger partial charge in [-0.3, -0.25) is 9.59 Å². The van der Waals surface area contributed by atoms with Gasteiger partial charge in [-0.25, -0.2) is 0 Å². The van der Waals surface area contributed by atoms with Crippen LogP contribution in [0.2, 0.25) is 0 Å². The lowest BCUT2D eigenvalue weighted by Crippen LogP contribution is -2.55. The Morgan fingerprint density at radius 3 is 1.18 bits per heavy atom. The molecule has 0 aromatic heterocycles. The third-order valence-corrected chi connectivity index (χ3v) is 13.0. The number of hydrogen-bond acceptors (Lipinski definition) is 7. The molecular formula is C59H109NO7. The monoisotopic (exact) mass is 944 g/mol. The van der Waals surface area contributed by atoms with Gasteiger partial charge in [0.25, 0.3) is 0 Å². The van der Waals surface area contributed by atoms with Crippen molar-refractivity contribution in [2.45, 2.75) is 283 Å². The van der Waals surface area contributed by atoms with Gasteiger partial charge in [-0.15, -0.1) is 0 Å². The zero-order chi connectivity index (χ0) is 49.2. The number of esters is 2. The van der Waals surface area contributed by atoms with Crippen molar-refractivity contribution in [1.82, 2.24) is 0 Å². The first-order valence-electron chi connectivity index (χ1n) is 28.5. The van der Waals surface area contributed by atoms with Crippen LogP contribution in [0.3, 0.4) is 0 Å². The molecule has 67 heavy (non-hydrogen) atoms. The summed E-state index contributed by atoms with van der Waals surface area (Å²) in [6, 6.07) is -0.727. The molecule has 0 aromatic carbocycles. The number of aliphatic carboxylic acids is 1. The zero-order valence-electron chi connectivity index (χ0n) is 44.8. The summed E-state index contributed by atoms with van der Waals surface area (Å²) in [5, 5.41) is 11.7. The van der Waals surface area contributed by atoms with Crippen LogP contribution in [0, 0.1) is 0 Å². The van der Waals surface area contributed by atoms with E-state index in [1.54, 1.807) is 0 Å². The van der Waals surface area contributed by atoms with Gasteiger partial charge in [0, 0.05) is 19.3 Å². The minimum Gasteiger partial charge on any atom is -0.544 e. The Bertz CT molecular complexity index is 1190. The number of hydrogen-bond donors (Lipinski definition) is 0. The normalized spacial score (nSPS) is 13.0. The van der Waals surface area contributed by atoms with E-state index in [0.29, 0.717) is 12.8 Å². The molecule has 0 bridgehead atoms. The lowest BCUT2D eigenvalue weighted by Gasteiger charge is -2.34. The average Bonchev–Trinajstić information content (AvgIpc) is 3.29. The summed E-state index contributed by atoms with van der Waals surface area (Å²) < 4.78 is 17.3. The molecule has 0 N–H and O–H groups in total. The van der Waals surface area contributed by atoms with E-state index in [-0.39, 0.29) is 42.7 Å². The molecule has 0 fully saturated rings. The summed E-state index contributed by atoms with van der Waals surface area (Å²) in [6.07, 6.45) is 60.4. The lowest BCUT2D eigenvalue weighted by molar-refractivity contribution is -0.889. The highest BCUT2D eigenvalue weighted by molar-refractivity contribution is 5.70. The van der Waals surface area contributed by atoms with Crippen LogP contribution in [0.1, 0.15) is 271 Å². The summed E-state index contributed by atoms with van der Waals surface area (Å²) in [5.74, 6) is -1.73. The molecule has 392 valence electrons. The number of likely N-dealkylation sites (N-methyl/N-ethyl adjacent to an activating group) is 1. The molecule has 0 rings (SSSR count). The third kappa shape index (κ3) is 48.4. The summed E-state index contributed by atoms with van der Waals surface area (Å²) in [7, 11) is 5.43. The Kier molecular flexibility index (Phi) is 48.1. The molecule has 0 spiro atoms. The van der Waals surface area contributed by atoms with Gasteiger partial charge in [0.2, 0.25) is 0 Å². The number of allylic oxidation sites excluding steroid dienone is 6. The Balaban J connectivity index is 4.17. The molecule has 2 atom stereocenters. The SMILES string of the molecule is CCCCCC/C=C/C=C/CCCCCCCCCCCCC(=O)OCC(COCCC(C(=O)[O-])[N+](C)(C)C)OC(=O)CCCCCCCCC/C=C/CCCCCCCCCCCCCC. The maximum atomic E-state index is 12.8. The number of carbonyl (C=O) groups is 3. The van der Waals surface area contributed by atoms with E-state index in [0.717, 1.165) is 38.5 Å². The second kappa shape index (κ2) is 50.0. The van der Waals surface area contributed by atoms with Crippen LogP contribution in [0.4, 0.5) is 0 Å². The first-order chi connectivity index (χ1) is 32.6. The Morgan fingerprint density at radius 2 is 0.791 bits per heavy atom. The van der Waals surface area contributed by atoms with Crippen LogP contribution >= 0.6 is 0 Å². The van der Waals surface area contributed by atoms with E-state index in [2.05, 4.69) is 50.3 Å². The Hall–Kier alpha value is -2.45. The maximum Gasteiger partial charge on any atom is 0.306 e. The topological polar surface area (TPSA) is 102 Å². The van der Waals surface area contributed by atoms with Crippen molar-refractivity contribution >= 4 is 17.9 Å². The van der Waals surface area contributed by atoms with E-state index >= 15 is 0 Å². The zero-order valence-corrected chi connectivity index (χ0v) is 44.8. The fraction of sp³-hybridized carbons (Fsp3) is 0.847. The quantitative estimate of drug-likeness (QED) is 0.0197. The molecule has 8 heteroatoms. The van der Waals surface area contributed by atoms with Crippen LogP contribution in [0.5, 0.6) is 0 Å². The van der Waals surface area contributed by atoms with E-state index in [1.165, 1.54) is 199 Å². The van der Waals surface area contributed by atoms with E-state index < -0.39 is 18.1 Å². The standard InChI is InChI=1S/C59H109NO7/c1-6-8-10-12-14-16-18-20-22-24-26-28-29-30-32-34-36-38-40-42-44-46-48-50-58(62)67-55(53-65-52-51-56(59(63)64)60(3,4)5)54-66-57(61)49-47-45-43-41-39-37-35-33-31-27-25-23-21-19-17-15-13-11-9-7-2/h17,19,21,23,30,32,55-56H,6-16,18,20,22,24-29,31,33-54H2,1-5H3/b19-17+,23-21+,32-30+. The summed E-state index contributed by atoms with van der Waals surface area (Å²) in [4.78, 5) is 37.1. The predicted molar refractivity (Wildman–Crippen MR) is 282 cm³/mol. The van der Waals surface area contributed by atoms with Crippen molar-refractivity contribution in [3.63, 3.8) is 0 Å². The summed E-state index contributed by atoms with van der Waals surface area (Å²) in [5.41, 5.74) is 0. The van der Waals surface area contributed by atoms with E-state index in [1.807, 2.05) is 21.1 Å². The van der Waals surface area contributed by atoms with Crippen LogP contribution in [-0.2, 0) is 28.6 Å². The number of carboxylic acids is 1. The van der Waals surface area contributed by atoms with E-state index in [9.17, 15) is 19.5 Å². The van der Waals surface area contributed by atoms with Gasteiger partial charge in [-0.2, -0.15) is 0 Å². The number of rotatable bonds is 52. The van der Waals surface area contributed by atoms with Crippen molar-refractivity contribution in [1.29, 1.82) is 0 Å². The Labute approximate surface area is 414 Å². The molecule has 0 aromatic rings. The number of carbonyl (C=O) groups excluding carboxylic acids is 3. The average molecular weight is 945 g/mol. The molecule has 0 amide bonds. The number of nitrogens with zero attached hydrogens (tertiary/aromatic N) is 1. The van der Waals surface area contributed by atoms with Gasteiger partial charge in [-0.1, -0.05) is 224 Å². The molecule has 0 radical (unpaired) electrons. The number of carboxylic acid groups (broad SMARTS) is 1. The van der Waals surface area contributed by atoms with Crippen molar-refractivity contribution < 1.29 is 38.2 Å². The summed E-state index contributed by atoms with van der Waals surface area (Å²) >= 11 is 0. The lowest BCUT2D eigenvalue weighted by atomic mass is 10.0. The van der Waals surface area contributed by atoms with Crippen LogP contribution < -0.4 is 5.11 Å². The van der Waals surface area contributed by atoms with Crippen LogP contribution in [-0.4, -0.2) is 75.5 Å². The van der Waals surface area contributed by atoms with Crippen molar-refractivity contribution in [3.05, 3.63) is 36.5 Å². The number of ether oxygens (including phenoxy) is 3. The fourth-order valence-corrected chi connectivity index (χ4v) is 8.59. The minimum absolute atomic E-state index is 0.0402. The molecular weight excluding hydrogens is 835 g/mol. The van der Waals surface area contributed by atoms with Gasteiger partial charge in [0.05, 0.1) is 40.3 Å². The van der Waals surface area contributed by atoms with Gasteiger partial charge < -0.3 is 28.6 Å². The van der Waals surface area contributed by atoms with Gasteiger partial charge >= 0.3 is 11.9 Å². The van der Waals surface area contributed by atoms with E-state index in [4.69, 9.17) is 14.2 Å². The van der Waals surface area contributed by atoms with Gasteiger partial charge in [-0.05, 0) is 64.2 Å². The van der Waals surface area contributed by atoms with Crippen molar-refractivity contribution in [3.8, 4) is 0 Å². The molecule has 0 saturated carbocycles. The first kappa shape index (κ1) is 64.5. The van der Waals surface area contributed by atoms with Gasteiger partial charge in [0.15, 0.2) is 6.10 Å². The predicted octanol–water partition coefficient (Wildman–Crippen LogP) is 15.6. The number of unbranched alkanes of at least 4 members (excludes halogenated alkanes) is 33. The van der Waals surface area contributed by atoms with Crippen LogP contribution in [0.25, 0.3) is 0 Å². The number of quaternary nitrogens is 1. The smallest absolute Gasteiger partial charge is 0.306 e. The van der Waals surface area contributed by atoms with Crippen LogP contribution in [0.15, 0.2) is 36.5 Å². The van der Waals surface area contributed by atoms with Crippen molar-refractivity contribution in [2.75, 3.05) is 41.0 Å². The molecule has 2 unspecified atom stereocenters. The van der Waals surface area contributed by atoms with Crippen molar-refractivity contribution in [2.24, 2.45) is 0 Å². The highest BCUT2D eigenvalue weighted by Crippen LogP contribution is 2.16. The Morgan fingerprint density at radius 1 is 0.448 bits per heavy atom. The molecule has 0 saturated heterocycles. The van der Waals surface area contributed by atoms with Gasteiger partial charge in [0.1, 0.15) is 12.6 Å². The highest BCUT2D eigenvalue weighted by atomic mass is 16.6. The first-order valence-corrected chi connectivity index (χ1v) is 28.5. The molecule has 8 nitrogen and oxygen atoms in total. The minimum atomic E-state index is -1.12. The molecule has 0 aliphatic carbocycles. The highest BCUT2D eigenvalue weighted by Gasteiger charge is 2.25. The maximum absolute atomic E-state index is 12.8. The fourth-order valence-electron chi connectivity index (χ4n) is 8.59.